The van der Waals surface area contributed by atoms with Gasteiger partial charge in [0.2, 0.25) is 5.91 Å². The number of hydrogen-bond donors (Lipinski definition) is 1. The zero-order chi connectivity index (χ0) is 15.1. The highest BCUT2D eigenvalue weighted by Crippen LogP contribution is 2.22. The predicted molar refractivity (Wildman–Crippen MR) is 87.8 cm³/mol. The molecule has 0 saturated carbocycles. The fourth-order valence-corrected chi connectivity index (χ4v) is 12.8. The topological polar surface area (TPSA) is 47.6 Å². The molecule has 0 fully saturated rings. The minimum atomic E-state index is -2.11. The summed E-state index contributed by atoms with van der Waals surface area (Å²) in [7, 11) is -4.48. The Morgan fingerprint density at radius 1 is 1.26 bits per heavy atom. The van der Waals surface area contributed by atoms with Gasteiger partial charge in [-0.25, -0.2) is 0 Å². The van der Waals surface area contributed by atoms with Gasteiger partial charge < -0.3 is 13.5 Å². The Morgan fingerprint density at radius 3 is 2.26 bits per heavy atom. The largest absolute Gasteiger partial charge is 0.437 e. The van der Waals surface area contributed by atoms with E-state index in [-0.39, 0.29) is 11.8 Å². The molecule has 1 unspecified atom stereocenters. The van der Waals surface area contributed by atoms with Crippen LogP contribution in [0.25, 0.3) is 0 Å². The van der Waals surface area contributed by atoms with Gasteiger partial charge in [0.15, 0.2) is 17.4 Å². The van der Waals surface area contributed by atoms with Gasteiger partial charge in [0.25, 0.3) is 0 Å². The first kappa shape index (κ1) is 19.3. The second-order valence-corrected chi connectivity index (χ2v) is 16.7. The summed E-state index contributed by atoms with van der Waals surface area (Å²) in [4.78, 5) is 11.1. The molecular formula is C11H27ClNO3Si3. The highest BCUT2D eigenvalue weighted by atomic mass is 35.5. The van der Waals surface area contributed by atoms with Crippen LogP contribution in [-0.2, 0) is 13.0 Å². The summed E-state index contributed by atoms with van der Waals surface area (Å²) in [5.74, 6) is -0.0963. The van der Waals surface area contributed by atoms with Crippen LogP contribution in [-0.4, -0.2) is 44.3 Å². The van der Waals surface area contributed by atoms with Gasteiger partial charge in [-0.3, -0.25) is 4.79 Å². The third-order valence-corrected chi connectivity index (χ3v) is 11.2. The van der Waals surface area contributed by atoms with Crippen LogP contribution in [0.3, 0.4) is 0 Å². The molecule has 19 heavy (non-hydrogen) atoms. The number of carbonyl (C=O) groups excluding carboxylic acids is 1. The molecule has 0 rings (SSSR count). The summed E-state index contributed by atoms with van der Waals surface area (Å²) < 4.78 is 12.5. The highest BCUT2D eigenvalue weighted by molar-refractivity contribution is 6.84. The lowest BCUT2D eigenvalue weighted by Crippen LogP contribution is -2.49. The zero-order valence-electron chi connectivity index (χ0n) is 12.9. The number of rotatable bonds is 9. The zero-order valence-corrected chi connectivity index (χ0v) is 16.7. The third-order valence-electron chi connectivity index (χ3n) is 2.19. The van der Waals surface area contributed by atoms with Crippen molar-refractivity contribution in [1.82, 2.24) is 5.32 Å². The molecule has 113 valence electrons. The van der Waals surface area contributed by atoms with E-state index in [9.17, 15) is 4.79 Å². The predicted octanol–water partition coefficient (Wildman–Crippen LogP) is 2.92. The van der Waals surface area contributed by atoms with Crippen molar-refractivity contribution in [3.63, 3.8) is 0 Å². The van der Waals surface area contributed by atoms with Crippen LogP contribution in [0.15, 0.2) is 0 Å². The van der Waals surface area contributed by atoms with Gasteiger partial charge >= 0.3 is 8.56 Å². The SMILES string of the molecule is C[Si](C)O[Si](C)(CCCNC(=O)CCl)O[Si](C)(C)C. The van der Waals surface area contributed by atoms with Gasteiger partial charge in [0.05, 0.1) is 0 Å². The standard InChI is InChI=1S/C11H27ClNO3Si3/c1-17(2)15-19(6,16-18(3,4)5)9-7-8-13-11(14)10-12/h7-10H2,1-6H3,(H,13,14). The molecule has 8 heteroatoms. The molecule has 0 aromatic heterocycles. The van der Waals surface area contributed by atoms with Crippen molar-refractivity contribution in [2.75, 3.05) is 12.4 Å². The summed E-state index contributed by atoms with van der Waals surface area (Å²) in [6, 6.07) is 0.912. The van der Waals surface area contributed by atoms with Crippen molar-refractivity contribution in [2.24, 2.45) is 0 Å². The Kier molecular flexibility index (Phi) is 8.73. The number of halogens is 1. The van der Waals surface area contributed by atoms with Crippen LogP contribution >= 0.6 is 11.6 Å². The van der Waals surface area contributed by atoms with E-state index in [1.54, 1.807) is 0 Å². The molecule has 0 aromatic carbocycles. The number of carbonyl (C=O) groups is 1. The summed E-state index contributed by atoms with van der Waals surface area (Å²) in [5, 5.41) is 2.78. The summed E-state index contributed by atoms with van der Waals surface area (Å²) in [6.07, 6.45) is 0.880. The lowest BCUT2D eigenvalue weighted by atomic mass is 10.5. The van der Waals surface area contributed by atoms with Crippen molar-refractivity contribution in [3.8, 4) is 0 Å². The molecule has 0 saturated heterocycles. The molecule has 0 aliphatic heterocycles. The van der Waals surface area contributed by atoms with Crippen molar-refractivity contribution in [1.29, 1.82) is 0 Å². The molecule has 1 atom stereocenters. The third kappa shape index (κ3) is 10.7. The summed E-state index contributed by atoms with van der Waals surface area (Å²) >= 11 is 5.43. The fourth-order valence-electron chi connectivity index (χ4n) is 1.89. The maximum absolute atomic E-state index is 11.1. The first-order valence-electron chi connectivity index (χ1n) is 6.60. The van der Waals surface area contributed by atoms with Gasteiger partial charge in [0, 0.05) is 6.54 Å². The molecular weight excluding hydrogens is 314 g/mol. The van der Waals surface area contributed by atoms with Crippen LogP contribution < -0.4 is 5.32 Å². The van der Waals surface area contributed by atoms with Gasteiger partial charge in [0.1, 0.15) is 5.88 Å². The Balaban J connectivity index is 4.31. The molecule has 0 aliphatic carbocycles. The maximum Gasteiger partial charge on any atom is 0.314 e. The molecule has 1 radical (unpaired) electrons. The van der Waals surface area contributed by atoms with Crippen molar-refractivity contribution < 1.29 is 13.0 Å². The quantitative estimate of drug-likeness (QED) is 0.399. The minimum absolute atomic E-state index is 0.0215. The van der Waals surface area contributed by atoms with Gasteiger partial charge in [-0.1, -0.05) is 0 Å². The molecule has 0 aromatic rings. The van der Waals surface area contributed by atoms with Crippen LogP contribution in [0.5, 0.6) is 0 Å². The normalized spacial score (nSPS) is 15.4. The minimum Gasteiger partial charge on any atom is -0.437 e. The highest BCUT2D eigenvalue weighted by Gasteiger charge is 2.36. The second kappa shape index (κ2) is 8.58. The molecule has 0 bridgehead atoms. The Hall–Kier alpha value is 0.331. The first-order valence-corrected chi connectivity index (χ1v) is 15.5. The number of alkyl halides is 1. The summed E-state index contributed by atoms with van der Waals surface area (Å²) in [5.41, 5.74) is 0. The van der Waals surface area contributed by atoms with Crippen LogP contribution in [0, 0.1) is 0 Å². The Morgan fingerprint density at radius 2 is 1.84 bits per heavy atom. The Bertz CT molecular complexity index is 287. The van der Waals surface area contributed by atoms with E-state index in [0.717, 1.165) is 12.5 Å². The Labute approximate surface area is 126 Å². The van der Waals surface area contributed by atoms with Gasteiger partial charge in [-0.05, 0) is 51.7 Å². The van der Waals surface area contributed by atoms with Crippen LogP contribution in [0.1, 0.15) is 6.42 Å². The van der Waals surface area contributed by atoms with E-state index in [1.165, 1.54) is 0 Å². The molecule has 0 spiro atoms. The molecule has 4 nitrogen and oxygen atoms in total. The van der Waals surface area contributed by atoms with E-state index in [4.69, 9.17) is 19.8 Å². The van der Waals surface area contributed by atoms with E-state index >= 15 is 0 Å². The van der Waals surface area contributed by atoms with Gasteiger partial charge in [-0.2, -0.15) is 0 Å². The average Bonchev–Trinajstić information content (AvgIpc) is 2.20. The first-order chi connectivity index (χ1) is 8.58. The molecule has 1 N–H and O–H groups in total. The van der Waals surface area contributed by atoms with Crippen molar-refractivity contribution in [3.05, 3.63) is 0 Å². The van der Waals surface area contributed by atoms with Crippen LogP contribution in [0.2, 0.25) is 45.3 Å². The van der Waals surface area contributed by atoms with Crippen molar-refractivity contribution >= 4 is 43.4 Å². The smallest absolute Gasteiger partial charge is 0.314 e. The molecule has 0 heterocycles. The number of amides is 1. The number of nitrogens with one attached hydrogen (secondary N) is 1. The average molecular weight is 341 g/mol. The fraction of sp³-hybridized carbons (Fsp3) is 0.909. The molecule has 1 amide bonds. The van der Waals surface area contributed by atoms with E-state index in [1.807, 2.05) is 0 Å². The maximum atomic E-state index is 11.1. The van der Waals surface area contributed by atoms with Gasteiger partial charge in [-0.15, -0.1) is 11.6 Å². The van der Waals surface area contributed by atoms with Crippen LogP contribution in [0.4, 0.5) is 0 Å². The summed E-state index contributed by atoms with van der Waals surface area (Å²) in [6.45, 7) is 13.6. The number of hydrogen-bond acceptors (Lipinski definition) is 3. The second-order valence-electron chi connectivity index (χ2n) is 5.95. The lowest BCUT2D eigenvalue weighted by Gasteiger charge is -2.35. The van der Waals surface area contributed by atoms with E-state index < -0.39 is 25.9 Å². The molecule has 0 aliphatic rings. The van der Waals surface area contributed by atoms with E-state index in [2.05, 4.69) is 44.6 Å². The van der Waals surface area contributed by atoms with Crippen molar-refractivity contribution in [2.45, 2.75) is 51.7 Å². The van der Waals surface area contributed by atoms with E-state index in [0.29, 0.717) is 6.54 Å². The monoisotopic (exact) mass is 340 g/mol. The lowest BCUT2D eigenvalue weighted by molar-refractivity contribution is -0.118.